The maximum absolute atomic E-state index is 13.4. The van der Waals surface area contributed by atoms with Crippen LogP contribution in [0.15, 0.2) is 57.5 Å². The summed E-state index contributed by atoms with van der Waals surface area (Å²) < 4.78 is 52.7. The molecule has 3 aromatic rings. The van der Waals surface area contributed by atoms with Gasteiger partial charge >= 0.3 is 18.3 Å². The third-order valence-electron chi connectivity index (χ3n) is 5.48. The van der Waals surface area contributed by atoms with Gasteiger partial charge in [0.2, 0.25) is 0 Å². The first-order chi connectivity index (χ1) is 16.8. The maximum atomic E-state index is 13.4. The van der Waals surface area contributed by atoms with E-state index in [1.807, 2.05) is 0 Å². The zero-order valence-corrected chi connectivity index (χ0v) is 18.8. The molecule has 1 aromatic carbocycles. The Bertz CT molecular complexity index is 1400. The first kappa shape index (κ1) is 24.3. The van der Waals surface area contributed by atoms with Gasteiger partial charge in [-0.25, -0.2) is 9.18 Å². The number of aromatic nitrogens is 4. The summed E-state index contributed by atoms with van der Waals surface area (Å²) in [6.45, 7) is -3.14. The third kappa shape index (κ3) is 5.16. The molecular formula is C23H23F3N4O5. The van der Waals surface area contributed by atoms with Crippen molar-refractivity contribution in [1.29, 1.82) is 0 Å². The highest BCUT2D eigenvalue weighted by Gasteiger charge is 2.23. The summed E-state index contributed by atoms with van der Waals surface area (Å²) >= 11 is 0. The Hall–Kier alpha value is -3.80. The van der Waals surface area contributed by atoms with Crippen molar-refractivity contribution in [3.63, 3.8) is 0 Å². The molecule has 12 heteroatoms. The van der Waals surface area contributed by atoms with E-state index in [9.17, 15) is 22.8 Å². The van der Waals surface area contributed by atoms with E-state index in [2.05, 4.69) is 9.72 Å². The third-order valence-corrected chi connectivity index (χ3v) is 5.48. The van der Waals surface area contributed by atoms with Crippen molar-refractivity contribution in [2.45, 2.75) is 39.0 Å². The summed E-state index contributed by atoms with van der Waals surface area (Å²) in [4.78, 5) is 30.5. The van der Waals surface area contributed by atoms with E-state index in [1.54, 1.807) is 0 Å². The Morgan fingerprint density at radius 2 is 1.91 bits per heavy atom. The summed E-state index contributed by atoms with van der Waals surface area (Å²) in [5, 5.41) is 9.17. The summed E-state index contributed by atoms with van der Waals surface area (Å²) in [7, 11) is 1.45. The second-order valence-electron chi connectivity index (χ2n) is 7.89. The first-order valence-electron chi connectivity index (χ1n) is 10.9. The number of aliphatic hydroxyl groups is 1. The van der Waals surface area contributed by atoms with Crippen LogP contribution in [-0.2, 0) is 24.9 Å². The molecule has 4 rings (SSSR count). The normalized spacial score (nSPS) is 13.8. The van der Waals surface area contributed by atoms with E-state index in [-0.39, 0.29) is 54.8 Å². The van der Waals surface area contributed by atoms with Crippen LogP contribution in [0.2, 0.25) is 0 Å². The number of benzene rings is 1. The number of alkyl halides is 2. The summed E-state index contributed by atoms with van der Waals surface area (Å²) in [6, 6.07) is 5.57. The van der Waals surface area contributed by atoms with E-state index < -0.39 is 23.7 Å². The number of imidazole rings is 1. The van der Waals surface area contributed by atoms with Crippen molar-refractivity contribution in [1.82, 2.24) is 18.7 Å². The molecular weight excluding hydrogens is 469 g/mol. The minimum Gasteiger partial charge on any atom is -0.435 e. The molecule has 0 radical (unpaired) electrons. The number of hydrogen-bond acceptors (Lipinski definition) is 6. The monoisotopic (exact) mass is 492 g/mol. The first-order valence-corrected chi connectivity index (χ1v) is 10.9. The van der Waals surface area contributed by atoms with Crippen molar-refractivity contribution in [2.24, 2.45) is 7.05 Å². The fourth-order valence-corrected chi connectivity index (χ4v) is 3.80. The smallest absolute Gasteiger partial charge is 0.387 e. The van der Waals surface area contributed by atoms with E-state index in [0.717, 1.165) is 4.57 Å². The molecule has 0 saturated carbocycles. The molecule has 9 nitrogen and oxygen atoms in total. The van der Waals surface area contributed by atoms with Gasteiger partial charge in [0.1, 0.15) is 17.3 Å². The SMILES string of the molecule is Cn1c(=O)n(CCCO)c(=O)c2c1nc(OC1=CC(OC(F)F)=CCC1)n2Cc1ccc(F)cc1. The van der Waals surface area contributed by atoms with Crippen molar-refractivity contribution in [3.8, 4) is 6.01 Å². The molecule has 1 aliphatic rings. The lowest BCUT2D eigenvalue weighted by Crippen LogP contribution is -2.39. The zero-order chi connectivity index (χ0) is 25.1. The van der Waals surface area contributed by atoms with Gasteiger partial charge in [0.15, 0.2) is 11.2 Å². The summed E-state index contributed by atoms with van der Waals surface area (Å²) in [5.74, 6) is -0.203. The van der Waals surface area contributed by atoms with Crippen LogP contribution in [-0.4, -0.2) is 37.0 Å². The number of rotatable bonds is 9. The van der Waals surface area contributed by atoms with Crippen molar-refractivity contribution in [2.75, 3.05) is 6.61 Å². The van der Waals surface area contributed by atoms with Crippen molar-refractivity contribution < 1.29 is 27.8 Å². The number of allylic oxidation sites excluding steroid dienone is 3. The number of aryl methyl sites for hydroxylation is 1. The lowest BCUT2D eigenvalue weighted by molar-refractivity contribution is -0.0927. The van der Waals surface area contributed by atoms with E-state index >= 15 is 0 Å². The standard InChI is InChI=1S/C23H23F3N4O5/c1-28-19-18(20(32)29(23(28)33)10-3-11-31)30(13-14-6-8-15(24)9-7-14)22(27-19)35-17-5-2-4-16(12-17)34-21(25)26/h4,6-9,12,21,31H,2-3,5,10-11,13H2,1H3. The molecule has 2 aromatic heterocycles. The number of hydrogen-bond donors (Lipinski definition) is 1. The molecule has 0 atom stereocenters. The highest BCUT2D eigenvalue weighted by molar-refractivity contribution is 5.72. The van der Waals surface area contributed by atoms with Crippen LogP contribution >= 0.6 is 0 Å². The number of nitrogens with zero attached hydrogens (tertiary/aromatic N) is 4. The van der Waals surface area contributed by atoms with Gasteiger partial charge in [-0.1, -0.05) is 12.1 Å². The molecule has 2 heterocycles. The minimum atomic E-state index is -2.99. The lowest BCUT2D eigenvalue weighted by Gasteiger charge is -2.16. The van der Waals surface area contributed by atoms with Crippen LogP contribution in [0.3, 0.4) is 0 Å². The van der Waals surface area contributed by atoms with Crippen molar-refractivity contribution in [3.05, 3.63) is 80.2 Å². The molecule has 0 unspecified atom stereocenters. The Labute approximate surface area is 197 Å². The molecule has 0 bridgehead atoms. The fraction of sp³-hybridized carbons (Fsp3) is 0.348. The largest absolute Gasteiger partial charge is 0.435 e. The fourth-order valence-electron chi connectivity index (χ4n) is 3.80. The van der Waals surface area contributed by atoms with E-state index in [1.165, 1.54) is 52.6 Å². The lowest BCUT2D eigenvalue weighted by atomic mass is 10.1. The Kier molecular flexibility index (Phi) is 7.10. The number of ether oxygens (including phenoxy) is 2. The molecule has 0 saturated heterocycles. The number of fused-ring (bicyclic) bond motifs is 1. The molecule has 186 valence electrons. The average molecular weight is 492 g/mol. The van der Waals surface area contributed by atoms with Crippen LogP contribution in [0.4, 0.5) is 13.2 Å². The molecule has 0 amide bonds. The molecule has 1 N–H and O–H groups in total. The van der Waals surface area contributed by atoms with E-state index in [4.69, 9.17) is 9.84 Å². The Morgan fingerprint density at radius 1 is 1.17 bits per heavy atom. The maximum Gasteiger partial charge on any atom is 0.387 e. The quantitative estimate of drug-likeness (QED) is 0.493. The number of aliphatic hydroxyl groups excluding tert-OH is 1. The zero-order valence-electron chi connectivity index (χ0n) is 18.8. The van der Waals surface area contributed by atoms with Crippen molar-refractivity contribution >= 4 is 11.2 Å². The van der Waals surface area contributed by atoms with Crippen LogP contribution in [0.1, 0.15) is 24.8 Å². The number of halogens is 3. The van der Waals surface area contributed by atoms with Gasteiger partial charge in [0.25, 0.3) is 5.56 Å². The van der Waals surface area contributed by atoms with Crippen LogP contribution in [0.5, 0.6) is 6.01 Å². The minimum absolute atomic E-state index is 0.000139. The van der Waals surface area contributed by atoms with Gasteiger partial charge in [-0.3, -0.25) is 18.5 Å². The van der Waals surface area contributed by atoms with Gasteiger partial charge in [-0.15, -0.1) is 0 Å². The highest BCUT2D eigenvalue weighted by atomic mass is 19.3. The van der Waals surface area contributed by atoms with Crippen LogP contribution in [0.25, 0.3) is 11.2 Å². The second kappa shape index (κ2) is 10.2. The Morgan fingerprint density at radius 3 is 2.60 bits per heavy atom. The molecule has 0 aliphatic heterocycles. The Balaban J connectivity index is 1.85. The average Bonchev–Trinajstić information content (AvgIpc) is 3.17. The molecule has 1 aliphatic carbocycles. The summed E-state index contributed by atoms with van der Waals surface area (Å²) in [5.41, 5.74) is -0.472. The topological polar surface area (TPSA) is 101 Å². The van der Waals surface area contributed by atoms with Gasteiger partial charge in [-0.2, -0.15) is 13.8 Å². The van der Waals surface area contributed by atoms with Gasteiger partial charge < -0.3 is 14.6 Å². The van der Waals surface area contributed by atoms with E-state index in [0.29, 0.717) is 18.4 Å². The van der Waals surface area contributed by atoms with Crippen LogP contribution in [0, 0.1) is 5.82 Å². The molecule has 0 spiro atoms. The van der Waals surface area contributed by atoms with Gasteiger partial charge in [-0.05, 0) is 36.6 Å². The predicted molar refractivity (Wildman–Crippen MR) is 120 cm³/mol. The van der Waals surface area contributed by atoms with Gasteiger partial charge in [0.05, 0.1) is 6.54 Å². The molecule has 0 fully saturated rings. The predicted octanol–water partition coefficient (Wildman–Crippen LogP) is 2.65. The van der Waals surface area contributed by atoms with Crippen LogP contribution < -0.4 is 16.0 Å². The highest BCUT2D eigenvalue weighted by Crippen LogP contribution is 2.26. The summed E-state index contributed by atoms with van der Waals surface area (Å²) in [6.07, 6.45) is 3.77. The molecule has 35 heavy (non-hydrogen) atoms. The van der Waals surface area contributed by atoms with Gasteiger partial charge in [0, 0.05) is 32.7 Å². The second-order valence-corrected chi connectivity index (χ2v) is 7.89.